The first-order chi connectivity index (χ1) is 16.5. The maximum Gasteiger partial charge on any atom is 0.255 e. The van der Waals surface area contributed by atoms with Crippen molar-refractivity contribution in [2.45, 2.75) is 6.92 Å². The monoisotopic (exact) mass is 462 g/mol. The molecule has 0 aliphatic heterocycles. The number of phenols is 1. The third-order valence-electron chi connectivity index (χ3n) is 4.68. The smallest absolute Gasteiger partial charge is 0.255 e. The Morgan fingerprint density at radius 3 is 2.15 bits per heavy atom. The molecule has 0 saturated heterocycles. The number of aromatic nitrogens is 2. The van der Waals surface area contributed by atoms with Crippen molar-refractivity contribution in [3.05, 3.63) is 65.7 Å². The number of amides is 2. The Labute approximate surface area is 196 Å². The molecule has 0 radical (unpaired) electrons. The molecule has 34 heavy (non-hydrogen) atoms. The summed E-state index contributed by atoms with van der Waals surface area (Å²) in [5, 5.41) is 21.6. The van der Waals surface area contributed by atoms with Crippen LogP contribution in [0.2, 0.25) is 0 Å². The van der Waals surface area contributed by atoms with Crippen LogP contribution in [0.5, 0.6) is 5.75 Å². The predicted molar refractivity (Wildman–Crippen MR) is 129 cm³/mol. The van der Waals surface area contributed by atoms with Crippen molar-refractivity contribution in [2.24, 2.45) is 0 Å². The lowest BCUT2D eigenvalue weighted by atomic mass is 10.1. The Balaban J connectivity index is 1.63. The quantitative estimate of drug-likeness (QED) is 0.215. The number of nitrogens with zero attached hydrogens (tertiary/aromatic N) is 2. The van der Waals surface area contributed by atoms with Crippen molar-refractivity contribution in [3.8, 4) is 17.1 Å². The van der Waals surface area contributed by atoms with E-state index in [1.807, 2.05) is 30.3 Å². The Kier molecular flexibility index (Phi) is 8.50. The summed E-state index contributed by atoms with van der Waals surface area (Å²) in [4.78, 5) is 43.4. The number of hydrogen-bond donors (Lipinski definition) is 5. The molecule has 176 valence electrons. The van der Waals surface area contributed by atoms with Crippen molar-refractivity contribution in [2.75, 3.05) is 36.8 Å². The molecular weight excluding hydrogens is 436 g/mol. The normalized spacial score (nSPS) is 10.3. The number of carbonyl (C=O) groups is 3. The van der Waals surface area contributed by atoms with E-state index in [9.17, 15) is 19.5 Å². The van der Waals surface area contributed by atoms with Crippen LogP contribution in [0.25, 0.3) is 11.4 Å². The average molecular weight is 463 g/mol. The fourth-order valence-electron chi connectivity index (χ4n) is 3.04. The van der Waals surface area contributed by atoms with Gasteiger partial charge < -0.3 is 26.4 Å². The zero-order valence-corrected chi connectivity index (χ0v) is 18.7. The number of rotatable bonds is 11. The molecule has 10 heteroatoms. The van der Waals surface area contributed by atoms with E-state index in [0.29, 0.717) is 48.9 Å². The van der Waals surface area contributed by atoms with Gasteiger partial charge in [-0.1, -0.05) is 30.3 Å². The van der Waals surface area contributed by atoms with E-state index in [4.69, 9.17) is 0 Å². The summed E-state index contributed by atoms with van der Waals surface area (Å²) in [6.07, 6.45) is 0.610. The number of carbonyl (C=O) groups excluding carboxylic acids is 3. The summed E-state index contributed by atoms with van der Waals surface area (Å²) in [6.45, 7) is 3.01. The molecule has 0 aliphatic rings. The number of benzene rings is 2. The van der Waals surface area contributed by atoms with Crippen molar-refractivity contribution in [1.29, 1.82) is 0 Å². The molecule has 0 spiro atoms. The van der Waals surface area contributed by atoms with Crippen LogP contribution in [-0.2, 0) is 4.79 Å². The molecule has 5 N–H and O–H groups in total. The summed E-state index contributed by atoms with van der Waals surface area (Å²) in [5.74, 6) is 0.861. The zero-order chi connectivity index (χ0) is 24.3. The lowest BCUT2D eigenvalue weighted by molar-refractivity contribution is -0.118. The lowest BCUT2D eigenvalue weighted by Gasteiger charge is -2.12. The Hall–Kier alpha value is -4.47. The van der Waals surface area contributed by atoms with Gasteiger partial charge in [0.15, 0.2) is 5.82 Å². The number of aldehydes is 1. The van der Waals surface area contributed by atoms with Gasteiger partial charge in [0.25, 0.3) is 5.91 Å². The van der Waals surface area contributed by atoms with Gasteiger partial charge in [0, 0.05) is 50.3 Å². The molecule has 2 amide bonds. The summed E-state index contributed by atoms with van der Waals surface area (Å²) in [6, 6.07) is 15.3. The first-order valence-electron chi connectivity index (χ1n) is 10.7. The maximum atomic E-state index is 12.4. The molecule has 0 fully saturated rings. The van der Waals surface area contributed by atoms with Gasteiger partial charge in [-0.2, -0.15) is 0 Å². The topological polar surface area (TPSA) is 145 Å². The third kappa shape index (κ3) is 7.02. The second kappa shape index (κ2) is 12.0. The van der Waals surface area contributed by atoms with Gasteiger partial charge in [0.2, 0.25) is 5.91 Å². The Morgan fingerprint density at radius 2 is 1.53 bits per heavy atom. The zero-order valence-electron chi connectivity index (χ0n) is 18.7. The van der Waals surface area contributed by atoms with Gasteiger partial charge >= 0.3 is 0 Å². The van der Waals surface area contributed by atoms with E-state index in [1.54, 1.807) is 6.07 Å². The molecule has 0 bridgehead atoms. The standard InChI is InChI=1S/C24H26N6O4/c1-16(32)25-9-10-26-21-14-22(30-23(29-21)18-5-3-2-4-6-18)27-11-12-28-24(34)19-13-17(15-31)7-8-20(19)33/h2-8,13-15,33H,9-12H2,1H3,(H,25,32)(H,28,34)(H2,26,27,29,30). The SMILES string of the molecule is CC(=O)NCCNc1cc(NCCNC(=O)c2cc(C=O)ccc2O)nc(-c2ccccc2)n1. The molecule has 2 aromatic carbocycles. The molecule has 0 atom stereocenters. The third-order valence-corrected chi connectivity index (χ3v) is 4.68. The van der Waals surface area contributed by atoms with E-state index >= 15 is 0 Å². The van der Waals surface area contributed by atoms with Crippen LogP contribution in [-0.4, -0.2) is 59.4 Å². The van der Waals surface area contributed by atoms with Crippen LogP contribution in [0.4, 0.5) is 11.6 Å². The molecular formula is C24H26N6O4. The minimum Gasteiger partial charge on any atom is -0.507 e. The van der Waals surface area contributed by atoms with E-state index < -0.39 is 5.91 Å². The molecule has 1 aromatic heterocycles. The molecule has 0 aliphatic carbocycles. The Bertz CT molecular complexity index is 1150. The molecule has 0 saturated carbocycles. The van der Waals surface area contributed by atoms with E-state index in [2.05, 4.69) is 31.2 Å². The van der Waals surface area contributed by atoms with Crippen LogP contribution in [0.15, 0.2) is 54.6 Å². The van der Waals surface area contributed by atoms with Gasteiger partial charge in [-0.25, -0.2) is 9.97 Å². The van der Waals surface area contributed by atoms with Gasteiger partial charge in [0.05, 0.1) is 5.56 Å². The second-order valence-electron chi connectivity index (χ2n) is 7.31. The first kappa shape index (κ1) is 24.2. The fourth-order valence-corrected chi connectivity index (χ4v) is 3.04. The highest BCUT2D eigenvalue weighted by Crippen LogP contribution is 2.20. The summed E-state index contributed by atoms with van der Waals surface area (Å²) in [7, 11) is 0. The molecule has 1 heterocycles. The molecule has 3 rings (SSSR count). The van der Waals surface area contributed by atoms with E-state index in [1.165, 1.54) is 25.1 Å². The number of aromatic hydroxyl groups is 1. The minimum atomic E-state index is -0.490. The van der Waals surface area contributed by atoms with E-state index in [-0.39, 0.29) is 23.8 Å². The summed E-state index contributed by atoms with van der Waals surface area (Å²) < 4.78 is 0. The number of anilines is 2. The van der Waals surface area contributed by atoms with E-state index in [0.717, 1.165) is 5.56 Å². The van der Waals surface area contributed by atoms with Crippen LogP contribution in [0.3, 0.4) is 0 Å². The Morgan fingerprint density at radius 1 is 0.882 bits per heavy atom. The average Bonchev–Trinajstić information content (AvgIpc) is 2.85. The van der Waals surface area contributed by atoms with Crippen molar-refractivity contribution >= 4 is 29.7 Å². The highest BCUT2D eigenvalue weighted by Gasteiger charge is 2.12. The summed E-state index contributed by atoms with van der Waals surface area (Å²) >= 11 is 0. The van der Waals surface area contributed by atoms with Crippen LogP contribution < -0.4 is 21.3 Å². The minimum absolute atomic E-state index is 0.0312. The maximum absolute atomic E-state index is 12.4. The van der Waals surface area contributed by atoms with Gasteiger partial charge in [0.1, 0.15) is 23.7 Å². The number of nitrogens with one attached hydrogen (secondary N) is 4. The van der Waals surface area contributed by atoms with Gasteiger partial charge in [-0.3, -0.25) is 14.4 Å². The number of hydrogen-bond acceptors (Lipinski definition) is 8. The first-order valence-corrected chi connectivity index (χ1v) is 10.7. The molecule has 3 aromatic rings. The van der Waals surface area contributed by atoms with Gasteiger partial charge in [-0.05, 0) is 18.2 Å². The highest BCUT2D eigenvalue weighted by molar-refractivity contribution is 5.98. The number of phenolic OH excluding ortho intramolecular Hbond substituents is 1. The van der Waals surface area contributed by atoms with Gasteiger partial charge in [-0.15, -0.1) is 0 Å². The second-order valence-corrected chi connectivity index (χ2v) is 7.31. The molecule has 10 nitrogen and oxygen atoms in total. The fraction of sp³-hybridized carbons (Fsp3) is 0.208. The van der Waals surface area contributed by atoms with Crippen molar-refractivity contribution < 1.29 is 19.5 Å². The lowest BCUT2D eigenvalue weighted by Crippen LogP contribution is -2.29. The molecule has 0 unspecified atom stereocenters. The van der Waals surface area contributed by atoms with Crippen LogP contribution in [0, 0.1) is 0 Å². The largest absolute Gasteiger partial charge is 0.507 e. The van der Waals surface area contributed by atoms with Crippen LogP contribution in [0.1, 0.15) is 27.6 Å². The van der Waals surface area contributed by atoms with Crippen LogP contribution >= 0.6 is 0 Å². The van der Waals surface area contributed by atoms with Crippen molar-refractivity contribution in [1.82, 2.24) is 20.6 Å². The predicted octanol–water partition coefficient (Wildman–Crippen LogP) is 2.05. The van der Waals surface area contributed by atoms with Crippen molar-refractivity contribution in [3.63, 3.8) is 0 Å². The summed E-state index contributed by atoms with van der Waals surface area (Å²) in [5.41, 5.74) is 1.17. The highest BCUT2D eigenvalue weighted by atomic mass is 16.3.